The average Bonchev–Trinajstić information content (AvgIpc) is 3.14. The number of nitrogens with two attached hydrogens (primary N) is 1. The highest BCUT2D eigenvalue weighted by atomic mass is 16.5. The molecule has 4 rings (SSSR count). The van der Waals surface area contributed by atoms with Crippen LogP contribution in [0.4, 0.5) is 11.6 Å². The maximum atomic E-state index is 13.1. The van der Waals surface area contributed by atoms with E-state index in [1.165, 1.54) is 11.6 Å². The summed E-state index contributed by atoms with van der Waals surface area (Å²) >= 11 is 0. The van der Waals surface area contributed by atoms with Gasteiger partial charge in [-0.3, -0.25) is 14.2 Å². The van der Waals surface area contributed by atoms with Crippen LogP contribution in [0.25, 0.3) is 11.2 Å². The van der Waals surface area contributed by atoms with Crippen LogP contribution in [0.15, 0.2) is 33.9 Å². The Bertz CT molecular complexity index is 1330. The van der Waals surface area contributed by atoms with Crippen molar-refractivity contribution < 1.29 is 14.3 Å². The quantitative estimate of drug-likeness (QED) is 0.566. The smallest absolute Gasteiger partial charge is 0.338 e. The maximum absolute atomic E-state index is 13.1. The summed E-state index contributed by atoms with van der Waals surface area (Å²) in [5.74, 6) is -0.515. The van der Waals surface area contributed by atoms with Crippen molar-refractivity contribution in [1.29, 1.82) is 0 Å². The van der Waals surface area contributed by atoms with Gasteiger partial charge in [0.2, 0.25) is 11.9 Å². The van der Waals surface area contributed by atoms with Gasteiger partial charge in [0.25, 0.3) is 5.56 Å². The number of imidazole rings is 1. The molecular weight excluding hydrogens is 416 g/mol. The molecule has 11 nitrogen and oxygen atoms in total. The summed E-state index contributed by atoms with van der Waals surface area (Å²) in [6, 6.07) is 6.93. The highest BCUT2D eigenvalue weighted by Crippen LogP contribution is 2.32. The van der Waals surface area contributed by atoms with Crippen molar-refractivity contribution in [2.45, 2.75) is 26.9 Å². The predicted molar refractivity (Wildman–Crippen MR) is 117 cm³/mol. The highest BCUT2D eigenvalue weighted by molar-refractivity contribution is 5.90. The summed E-state index contributed by atoms with van der Waals surface area (Å²) < 4.78 is 8.88. The van der Waals surface area contributed by atoms with Gasteiger partial charge in [0.15, 0.2) is 11.2 Å². The number of amides is 1. The molecule has 0 saturated carbocycles. The van der Waals surface area contributed by atoms with Crippen molar-refractivity contribution >= 4 is 34.7 Å². The number of rotatable bonds is 5. The molecule has 0 radical (unpaired) electrons. The molecule has 2 aromatic heterocycles. The number of aromatic nitrogens is 4. The molecule has 3 heterocycles. The molecule has 0 aliphatic carbocycles. The minimum absolute atomic E-state index is 0.158. The zero-order chi connectivity index (χ0) is 23.2. The van der Waals surface area contributed by atoms with Crippen LogP contribution < -0.4 is 21.9 Å². The van der Waals surface area contributed by atoms with Gasteiger partial charge in [0.05, 0.1) is 12.2 Å². The first-order valence-electron chi connectivity index (χ1n) is 10.3. The van der Waals surface area contributed by atoms with Crippen LogP contribution in [0.1, 0.15) is 24.2 Å². The highest BCUT2D eigenvalue weighted by Gasteiger charge is 2.30. The Labute approximate surface area is 182 Å². The number of aryl methyl sites for hydroxylation is 1. The summed E-state index contributed by atoms with van der Waals surface area (Å²) in [6.45, 7) is 4.73. The third-order valence-electron chi connectivity index (χ3n) is 5.45. The number of esters is 1. The van der Waals surface area contributed by atoms with E-state index < -0.39 is 29.7 Å². The first kappa shape index (κ1) is 21.3. The lowest BCUT2D eigenvalue weighted by Gasteiger charge is -2.33. The van der Waals surface area contributed by atoms with Gasteiger partial charge >= 0.3 is 11.7 Å². The number of benzene rings is 1. The van der Waals surface area contributed by atoms with Gasteiger partial charge in [0.1, 0.15) is 6.54 Å². The number of ether oxygens (including phenoxy) is 1. The van der Waals surface area contributed by atoms with Crippen LogP contribution in [0.2, 0.25) is 0 Å². The summed E-state index contributed by atoms with van der Waals surface area (Å²) in [5, 5.41) is 0. The van der Waals surface area contributed by atoms with Crippen LogP contribution in [0, 0.1) is 5.92 Å². The minimum Gasteiger partial charge on any atom is -0.462 e. The Morgan fingerprint density at radius 1 is 1.19 bits per heavy atom. The number of primary amides is 1. The molecule has 32 heavy (non-hydrogen) atoms. The van der Waals surface area contributed by atoms with E-state index in [4.69, 9.17) is 10.5 Å². The van der Waals surface area contributed by atoms with E-state index in [0.29, 0.717) is 31.2 Å². The molecule has 1 atom stereocenters. The minimum atomic E-state index is -0.779. The third kappa shape index (κ3) is 3.45. The zero-order valence-corrected chi connectivity index (χ0v) is 18.1. The number of carbonyl (C=O) groups excluding carboxylic acids is 2. The van der Waals surface area contributed by atoms with E-state index in [2.05, 4.69) is 4.98 Å². The fourth-order valence-corrected chi connectivity index (χ4v) is 4.01. The number of anilines is 2. The van der Waals surface area contributed by atoms with E-state index in [1.54, 1.807) is 35.8 Å². The molecule has 0 spiro atoms. The summed E-state index contributed by atoms with van der Waals surface area (Å²) in [6.07, 6.45) is 0. The summed E-state index contributed by atoms with van der Waals surface area (Å²) in [7, 11) is 1.50. The molecule has 1 aliphatic heterocycles. The largest absolute Gasteiger partial charge is 0.462 e. The lowest BCUT2D eigenvalue weighted by molar-refractivity contribution is -0.118. The second-order valence-electron chi connectivity index (χ2n) is 7.88. The van der Waals surface area contributed by atoms with Crippen LogP contribution in [-0.4, -0.2) is 43.7 Å². The number of fused-ring (bicyclic) bond motifs is 3. The van der Waals surface area contributed by atoms with Crippen molar-refractivity contribution in [3.8, 4) is 0 Å². The topological polar surface area (TPSA) is 134 Å². The van der Waals surface area contributed by atoms with Crippen LogP contribution in [-0.2, 0) is 29.7 Å². The number of hydrogen-bond donors (Lipinski definition) is 1. The number of nitrogens with zero attached hydrogens (tertiary/aromatic N) is 5. The zero-order valence-electron chi connectivity index (χ0n) is 18.1. The normalized spacial score (nSPS) is 15.6. The molecule has 0 saturated heterocycles. The van der Waals surface area contributed by atoms with E-state index in [9.17, 15) is 19.2 Å². The molecule has 3 aromatic rings. The maximum Gasteiger partial charge on any atom is 0.338 e. The van der Waals surface area contributed by atoms with Crippen molar-refractivity contribution in [2.24, 2.45) is 18.7 Å². The average molecular weight is 440 g/mol. The van der Waals surface area contributed by atoms with Gasteiger partial charge in [-0.05, 0) is 37.1 Å². The Morgan fingerprint density at radius 3 is 2.50 bits per heavy atom. The van der Waals surface area contributed by atoms with Gasteiger partial charge in [-0.15, -0.1) is 0 Å². The second-order valence-corrected chi connectivity index (χ2v) is 7.88. The molecule has 168 valence electrons. The molecule has 0 bridgehead atoms. The van der Waals surface area contributed by atoms with Gasteiger partial charge in [-0.25, -0.2) is 14.2 Å². The predicted octanol–water partition coefficient (Wildman–Crippen LogP) is 0.347. The molecule has 2 N–H and O–H groups in total. The van der Waals surface area contributed by atoms with Gasteiger partial charge in [0, 0.05) is 25.8 Å². The lowest BCUT2D eigenvalue weighted by atomic mass is 10.1. The molecule has 1 amide bonds. The Hall–Kier alpha value is -3.89. The van der Waals surface area contributed by atoms with Crippen LogP contribution in [0.3, 0.4) is 0 Å². The van der Waals surface area contributed by atoms with E-state index in [-0.39, 0.29) is 17.1 Å². The first-order chi connectivity index (χ1) is 15.2. The van der Waals surface area contributed by atoms with Gasteiger partial charge in [-0.1, -0.05) is 6.92 Å². The number of hydrogen-bond acceptors (Lipinski definition) is 7. The van der Waals surface area contributed by atoms with Crippen molar-refractivity contribution in [2.75, 3.05) is 18.1 Å². The van der Waals surface area contributed by atoms with Gasteiger partial charge < -0.3 is 19.9 Å². The Morgan fingerprint density at radius 2 is 1.88 bits per heavy atom. The SMILES string of the molecule is CCOC(=O)c1ccc(N2C[C@H](C)Cn3c2nc2c3c(=O)n(CC(N)=O)c(=O)n2C)cc1. The molecule has 1 aromatic carbocycles. The van der Waals surface area contributed by atoms with E-state index >= 15 is 0 Å². The Kier molecular flexibility index (Phi) is 5.33. The fourth-order valence-electron chi connectivity index (χ4n) is 4.01. The van der Waals surface area contributed by atoms with Crippen molar-refractivity contribution in [3.05, 3.63) is 50.7 Å². The molecule has 0 fully saturated rings. The first-order valence-corrected chi connectivity index (χ1v) is 10.3. The third-order valence-corrected chi connectivity index (χ3v) is 5.45. The molecule has 11 heteroatoms. The van der Waals surface area contributed by atoms with Gasteiger partial charge in [-0.2, -0.15) is 4.98 Å². The Balaban J connectivity index is 1.87. The molecular formula is C21H24N6O5. The van der Waals surface area contributed by atoms with E-state index in [1.807, 2.05) is 11.8 Å². The van der Waals surface area contributed by atoms with E-state index in [0.717, 1.165) is 10.3 Å². The van der Waals surface area contributed by atoms with Crippen LogP contribution in [0.5, 0.6) is 0 Å². The lowest BCUT2D eigenvalue weighted by Crippen LogP contribution is -2.43. The standard InChI is InChI=1S/C21H24N6O5/c1-4-32-19(30)13-5-7-14(8-6-13)25-9-12(2)10-26-16-17(23-20(25)26)24(3)21(31)27(18(16)29)11-15(22)28/h5-8,12H,4,9-11H2,1-3H3,(H2,22,28)/t12-/m0/s1. The summed E-state index contributed by atoms with van der Waals surface area (Å²) in [5.41, 5.74) is 5.66. The molecule has 0 unspecified atom stereocenters. The van der Waals surface area contributed by atoms with Crippen LogP contribution >= 0.6 is 0 Å². The molecule has 1 aliphatic rings. The van der Waals surface area contributed by atoms with Crippen molar-refractivity contribution in [1.82, 2.24) is 18.7 Å². The summed E-state index contributed by atoms with van der Waals surface area (Å²) in [4.78, 5) is 55.7. The number of carbonyl (C=O) groups is 2. The van der Waals surface area contributed by atoms with Crippen molar-refractivity contribution in [3.63, 3.8) is 0 Å². The monoisotopic (exact) mass is 440 g/mol. The fraction of sp³-hybridized carbons (Fsp3) is 0.381. The second kappa shape index (κ2) is 7.98.